The average Bonchev–Trinajstić information content (AvgIpc) is 3.58. The van der Waals surface area contributed by atoms with E-state index in [4.69, 9.17) is 14.2 Å². The Morgan fingerprint density at radius 2 is 1.92 bits per heavy atom. The van der Waals surface area contributed by atoms with E-state index in [0.29, 0.717) is 26.0 Å². The molecular weight excluding hydrogens is 462 g/mol. The summed E-state index contributed by atoms with van der Waals surface area (Å²) in [4.78, 5) is 27.7. The van der Waals surface area contributed by atoms with Crippen LogP contribution in [-0.2, 0) is 19.0 Å². The second-order valence-corrected chi connectivity index (χ2v) is 11.3. The van der Waals surface area contributed by atoms with E-state index in [1.54, 1.807) is 7.11 Å². The molecule has 2 fully saturated rings. The van der Waals surface area contributed by atoms with Crippen LogP contribution in [0.2, 0.25) is 0 Å². The number of aliphatic hydroxyl groups excluding tert-OH is 1. The molecule has 1 saturated carbocycles. The van der Waals surface area contributed by atoms with Crippen LogP contribution in [0.4, 0.5) is 4.79 Å². The van der Waals surface area contributed by atoms with E-state index in [1.807, 2.05) is 54.8 Å². The monoisotopic (exact) mass is 511 g/mol. The molecule has 0 bridgehead atoms. The average molecular weight is 512 g/mol. The normalized spacial score (nSPS) is 27.9. The molecule has 9 heteroatoms. The van der Waals surface area contributed by atoms with Crippen molar-refractivity contribution in [3.8, 4) is 0 Å². The first-order chi connectivity index (χ1) is 16.9. The molecule has 1 aliphatic carbocycles. The van der Waals surface area contributed by atoms with Crippen LogP contribution in [0.25, 0.3) is 0 Å². The minimum absolute atomic E-state index is 0.0999. The number of carbonyl (C=O) groups excluding carboxylic acids is 2. The summed E-state index contributed by atoms with van der Waals surface area (Å²) in [5.41, 5.74) is 0.819. The summed E-state index contributed by atoms with van der Waals surface area (Å²) < 4.78 is 17.6. The van der Waals surface area contributed by atoms with E-state index in [0.717, 1.165) is 25.0 Å². The number of ether oxygens (including phenoxy) is 3. The van der Waals surface area contributed by atoms with Crippen LogP contribution >= 0.6 is 0 Å². The molecule has 0 aromatic carbocycles. The van der Waals surface area contributed by atoms with Crippen LogP contribution in [0.15, 0.2) is 11.6 Å². The van der Waals surface area contributed by atoms with Gasteiger partial charge in [-0.05, 0) is 72.0 Å². The molecule has 1 saturated heterocycles. The first-order valence-electron chi connectivity index (χ1n) is 13.3. The van der Waals surface area contributed by atoms with Gasteiger partial charge in [0.2, 0.25) is 5.91 Å². The van der Waals surface area contributed by atoms with Gasteiger partial charge >= 0.3 is 6.09 Å². The lowest BCUT2D eigenvalue weighted by Gasteiger charge is -2.44. The lowest BCUT2D eigenvalue weighted by atomic mass is 9.68. The predicted molar refractivity (Wildman–Crippen MR) is 140 cm³/mol. The van der Waals surface area contributed by atoms with Crippen molar-refractivity contribution in [1.29, 1.82) is 0 Å². The smallest absolute Gasteiger partial charge is 0.408 e. The van der Waals surface area contributed by atoms with E-state index in [9.17, 15) is 14.7 Å². The zero-order valence-electron chi connectivity index (χ0n) is 23.5. The molecule has 1 heterocycles. The van der Waals surface area contributed by atoms with Gasteiger partial charge in [-0.25, -0.2) is 4.79 Å². The fourth-order valence-electron chi connectivity index (χ4n) is 5.24. The third-order valence-electron chi connectivity index (χ3n) is 7.47. The van der Waals surface area contributed by atoms with Gasteiger partial charge in [0.1, 0.15) is 18.2 Å². The zero-order valence-corrected chi connectivity index (χ0v) is 23.5. The van der Waals surface area contributed by atoms with Gasteiger partial charge in [-0.3, -0.25) is 4.79 Å². The summed E-state index contributed by atoms with van der Waals surface area (Å²) in [6, 6.07) is -0.694. The molecule has 7 atom stereocenters. The molecule has 3 N–H and O–H groups in total. The molecule has 36 heavy (non-hydrogen) atoms. The SMILES string of the molecule is COC1C(OC(=O)NC(C(=O)NCCCN(C)C)C(C)C)CCC2(CO2)C1C(C)C(O)CC=C(C)C. The molecule has 2 rings (SSSR count). The number of amides is 2. The minimum Gasteiger partial charge on any atom is -0.443 e. The maximum atomic E-state index is 12.9. The molecule has 208 valence electrons. The van der Waals surface area contributed by atoms with Crippen LogP contribution in [-0.4, -0.2) is 92.9 Å². The topological polar surface area (TPSA) is 113 Å². The number of allylic oxidation sites excluding steroid dienone is 1. The summed E-state index contributed by atoms with van der Waals surface area (Å²) in [7, 11) is 5.59. The third kappa shape index (κ3) is 8.43. The van der Waals surface area contributed by atoms with Crippen LogP contribution in [0.1, 0.15) is 60.3 Å². The van der Waals surface area contributed by atoms with E-state index in [2.05, 4.69) is 15.5 Å². The quantitative estimate of drug-likeness (QED) is 0.198. The van der Waals surface area contributed by atoms with Gasteiger partial charge in [-0.2, -0.15) is 0 Å². The Balaban J connectivity index is 2.03. The lowest BCUT2D eigenvalue weighted by molar-refractivity contribution is -0.129. The fraction of sp³-hybridized carbons (Fsp3) is 0.852. The van der Waals surface area contributed by atoms with Crippen molar-refractivity contribution in [2.45, 2.75) is 90.3 Å². The second kappa shape index (κ2) is 13.7. The molecule has 0 aromatic rings. The number of nitrogens with zero attached hydrogens (tertiary/aromatic N) is 1. The number of carbonyl (C=O) groups is 2. The summed E-state index contributed by atoms with van der Waals surface area (Å²) in [5, 5.41) is 16.6. The van der Waals surface area contributed by atoms with Crippen LogP contribution < -0.4 is 10.6 Å². The number of hydrogen-bond donors (Lipinski definition) is 3. The van der Waals surface area contributed by atoms with Crippen LogP contribution in [0, 0.1) is 17.8 Å². The van der Waals surface area contributed by atoms with Gasteiger partial charge in [0.15, 0.2) is 0 Å². The number of alkyl carbamates (subject to hydrolysis) is 1. The summed E-state index contributed by atoms with van der Waals surface area (Å²) in [5.74, 6) is -0.543. The van der Waals surface area contributed by atoms with E-state index in [1.165, 1.54) is 0 Å². The van der Waals surface area contributed by atoms with Gasteiger partial charge in [0.05, 0.1) is 18.3 Å². The number of nitrogens with one attached hydrogen (secondary N) is 2. The first kappa shape index (κ1) is 30.5. The van der Waals surface area contributed by atoms with E-state index >= 15 is 0 Å². The predicted octanol–water partition coefficient (Wildman–Crippen LogP) is 2.72. The molecule has 2 amide bonds. The van der Waals surface area contributed by atoms with Crippen molar-refractivity contribution >= 4 is 12.0 Å². The summed E-state index contributed by atoms with van der Waals surface area (Å²) >= 11 is 0. The molecule has 0 radical (unpaired) electrons. The highest BCUT2D eigenvalue weighted by Gasteiger charge is 2.61. The number of hydrogen-bond acceptors (Lipinski definition) is 7. The van der Waals surface area contributed by atoms with Gasteiger partial charge in [-0.1, -0.05) is 32.4 Å². The Morgan fingerprint density at radius 3 is 2.44 bits per heavy atom. The Morgan fingerprint density at radius 1 is 1.25 bits per heavy atom. The van der Waals surface area contributed by atoms with Crippen molar-refractivity contribution in [1.82, 2.24) is 15.5 Å². The Bertz CT molecular complexity index is 748. The van der Waals surface area contributed by atoms with Gasteiger partial charge in [0, 0.05) is 19.6 Å². The highest BCUT2D eigenvalue weighted by Crippen LogP contribution is 2.51. The molecule has 1 aliphatic heterocycles. The Labute approximate surface area is 217 Å². The summed E-state index contributed by atoms with van der Waals surface area (Å²) in [6.07, 6.45) is 2.64. The maximum Gasteiger partial charge on any atom is 0.408 e. The number of methoxy groups -OCH3 is 1. The van der Waals surface area contributed by atoms with Gasteiger partial charge < -0.3 is 34.9 Å². The Hall–Kier alpha value is -1.68. The van der Waals surface area contributed by atoms with Crippen molar-refractivity contribution in [3.63, 3.8) is 0 Å². The number of aliphatic hydroxyl groups is 1. The molecule has 0 aromatic heterocycles. The first-order valence-corrected chi connectivity index (χ1v) is 13.3. The van der Waals surface area contributed by atoms with Crippen LogP contribution in [0.3, 0.4) is 0 Å². The molecule has 1 spiro atoms. The van der Waals surface area contributed by atoms with Crippen LogP contribution in [0.5, 0.6) is 0 Å². The summed E-state index contributed by atoms with van der Waals surface area (Å²) in [6.45, 7) is 11.9. The molecule has 7 unspecified atom stereocenters. The minimum atomic E-state index is -0.694. The zero-order chi connectivity index (χ0) is 27.0. The van der Waals surface area contributed by atoms with Gasteiger partial charge in [0.25, 0.3) is 0 Å². The second-order valence-electron chi connectivity index (χ2n) is 11.3. The largest absolute Gasteiger partial charge is 0.443 e. The van der Waals surface area contributed by atoms with E-state index in [-0.39, 0.29) is 29.3 Å². The highest BCUT2D eigenvalue weighted by atomic mass is 16.6. The molecule has 2 aliphatic rings. The van der Waals surface area contributed by atoms with Gasteiger partial charge in [-0.15, -0.1) is 0 Å². The van der Waals surface area contributed by atoms with Crippen molar-refractivity contribution in [2.75, 3.05) is 40.9 Å². The van der Waals surface area contributed by atoms with Crippen molar-refractivity contribution < 1.29 is 28.9 Å². The molecular formula is C27H49N3O6. The Kier molecular flexibility index (Phi) is 11.7. The number of epoxide rings is 1. The maximum absolute atomic E-state index is 12.9. The number of rotatable bonds is 13. The fourth-order valence-corrected chi connectivity index (χ4v) is 5.24. The van der Waals surface area contributed by atoms with E-state index < -0.39 is 30.4 Å². The lowest BCUT2D eigenvalue weighted by Crippen LogP contribution is -2.56. The van der Waals surface area contributed by atoms with Crippen molar-refractivity contribution in [3.05, 3.63) is 11.6 Å². The molecule has 9 nitrogen and oxygen atoms in total. The highest BCUT2D eigenvalue weighted by molar-refractivity contribution is 5.85. The van der Waals surface area contributed by atoms with Crippen molar-refractivity contribution in [2.24, 2.45) is 17.8 Å². The standard InChI is InChI=1S/C27H49N3O6/c1-17(2)10-11-20(31)19(5)22-24(34-8)21(12-13-27(22)16-35-27)36-26(33)29-23(18(3)4)25(32)28-14-9-15-30(6)7/h10,18-24,31H,9,11-16H2,1-8H3,(H,28,32)(H,29,33). The third-order valence-corrected chi connectivity index (χ3v) is 7.47.